The molecule has 0 spiro atoms. The van der Waals surface area contributed by atoms with E-state index in [4.69, 9.17) is 4.98 Å². The van der Waals surface area contributed by atoms with Gasteiger partial charge >= 0.3 is 0 Å². The van der Waals surface area contributed by atoms with E-state index in [1.54, 1.807) is 0 Å². The van der Waals surface area contributed by atoms with Gasteiger partial charge in [0.25, 0.3) is 0 Å². The molecule has 4 aromatic carbocycles. The van der Waals surface area contributed by atoms with Crippen LogP contribution >= 0.6 is 0 Å². The van der Waals surface area contributed by atoms with Gasteiger partial charge in [-0.05, 0) is 42.8 Å². The molecule has 0 unspecified atom stereocenters. The molecule has 0 bridgehead atoms. The van der Waals surface area contributed by atoms with Crippen LogP contribution in [-0.4, -0.2) is 9.55 Å². The number of para-hydroxylation sites is 3. The number of rotatable bonds is 3. The molecule has 0 aliphatic carbocycles. The quantitative estimate of drug-likeness (QED) is 0.255. The summed E-state index contributed by atoms with van der Waals surface area (Å²) in [5.41, 5.74) is 10.9. The van der Waals surface area contributed by atoms with Crippen LogP contribution in [0.4, 0.5) is 5.69 Å². The fraction of sp³-hybridized carbons (Fsp3) is 0.0294. The molecule has 37 heavy (non-hydrogen) atoms. The fourth-order valence-corrected chi connectivity index (χ4v) is 5.49. The molecular formula is C34H25N3. The van der Waals surface area contributed by atoms with Gasteiger partial charge in [0.15, 0.2) is 0 Å². The molecule has 1 aliphatic rings. The second-order valence-electron chi connectivity index (χ2n) is 9.44. The fourth-order valence-electron chi connectivity index (χ4n) is 5.49. The summed E-state index contributed by atoms with van der Waals surface area (Å²) in [6, 6.07) is 38.1. The van der Waals surface area contributed by atoms with Crippen LogP contribution in [0, 0.1) is 6.92 Å². The van der Waals surface area contributed by atoms with Gasteiger partial charge in [-0.1, -0.05) is 91.5 Å². The third-order valence-corrected chi connectivity index (χ3v) is 7.25. The third kappa shape index (κ3) is 3.32. The van der Waals surface area contributed by atoms with Gasteiger partial charge in [0.2, 0.25) is 0 Å². The van der Waals surface area contributed by atoms with Crippen LogP contribution < -0.4 is 4.90 Å². The highest BCUT2D eigenvalue weighted by Gasteiger charge is 2.26. The lowest BCUT2D eigenvalue weighted by molar-refractivity contribution is 1.10. The van der Waals surface area contributed by atoms with Crippen molar-refractivity contribution >= 4 is 39.3 Å². The molecule has 0 saturated carbocycles. The number of benzene rings is 4. The van der Waals surface area contributed by atoms with Crippen molar-refractivity contribution < 1.29 is 0 Å². The molecule has 2 aromatic heterocycles. The first-order chi connectivity index (χ1) is 18.2. The van der Waals surface area contributed by atoms with Crippen LogP contribution in [-0.2, 0) is 0 Å². The molecule has 0 fully saturated rings. The van der Waals surface area contributed by atoms with E-state index in [1.165, 1.54) is 10.9 Å². The molecule has 0 amide bonds. The first-order valence-corrected chi connectivity index (χ1v) is 12.5. The number of pyridine rings is 1. The van der Waals surface area contributed by atoms with Crippen LogP contribution in [0.15, 0.2) is 122 Å². The van der Waals surface area contributed by atoms with E-state index >= 15 is 0 Å². The molecule has 176 valence electrons. The number of fused-ring (bicyclic) bond motifs is 4. The number of nitrogens with zero attached hydrogens (tertiary/aromatic N) is 3. The van der Waals surface area contributed by atoms with Crippen LogP contribution in [0.3, 0.4) is 0 Å². The minimum absolute atomic E-state index is 0.959. The second-order valence-corrected chi connectivity index (χ2v) is 9.44. The maximum absolute atomic E-state index is 5.03. The molecule has 0 atom stereocenters. The minimum atomic E-state index is 0.959. The molecule has 1 aliphatic heterocycles. The summed E-state index contributed by atoms with van der Waals surface area (Å²) < 4.78 is 2.37. The Kier molecular flexibility index (Phi) is 4.83. The van der Waals surface area contributed by atoms with Gasteiger partial charge in [-0.2, -0.15) is 0 Å². The highest BCUT2D eigenvalue weighted by atomic mass is 15.1. The number of aromatic nitrogens is 2. The smallest absolute Gasteiger partial charge is 0.0730 e. The normalized spacial score (nSPS) is 12.9. The molecule has 0 N–H and O–H groups in total. The van der Waals surface area contributed by atoms with Crippen LogP contribution in [0.5, 0.6) is 0 Å². The van der Waals surface area contributed by atoms with E-state index in [2.05, 4.69) is 138 Å². The van der Waals surface area contributed by atoms with E-state index in [-0.39, 0.29) is 0 Å². The molecule has 3 heterocycles. The Balaban J connectivity index is 1.52. The zero-order valence-corrected chi connectivity index (χ0v) is 20.6. The lowest BCUT2D eigenvalue weighted by Crippen LogP contribution is -2.18. The molecular weight excluding hydrogens is 450 g/mol. The summed E-state index contributed by atoms with van der Waals surface area (Å²) in [5, 5.41) is 2.30. The van der Waals surface area contributed by atoms with Gasteiger partial charge in [0.05, 0.1) is 28.1 Å². The van der Waals surface area contributed by atoms with Crippen molar-refractivity contribution in [2.45, 2.75) is 6.92 Å². The number of hydrogen-bond acceptors (Lipinski definition) is 2. The molecule has 3 heteroatoms. The first kappa shape index (κ1) is 21.4. The van der Waals surface area contributed by atoms with Gasteiger partial charge in [0, 0.05) is 39.5 Å². The Morgan fingerprint density at radius 1 is 0.703 bits per heavy atom. The third-order valence-electron chi connectivity index (χ3n) is 7.25. The van der Waals surface area contributed by atoms with Crippen molar-refractivity contribution in [1.29, 1.82) is 0 Å². The standard InChI is InChI=1S/C34H25N3/c1-23-12-6-10-18-30(23)36-21-20-32-34(24(36)2)27-16-8-11-19-31(27)37(32)33-22-29(25-13-4-3-5-14-25)35-28-17-9-7-15-26(28)33/h3-22H,2H2,1H3. The average molecular weight is 476 g/mol. The largest absolute Gasteiger partial charge is 0.317 e. The summed E-state index contributed by atoms with van der Waals surface area (Å²) in [6.07, 6.45) is 4.36. The Hall–Kier alpha value is -4.89. The van der Waals surface area contributed by atoms with Crippen molar-refractivity contribution in [2.75, 3.05) is 4.90 Å². The SMILES string of the molecule is C=C1c2c(n(-c3cc(-c4ccccc4)nc4ccccc34)c3ccccc23)C=CN1c1ccccc1C. The Labute approximate surface area is 216 Å². The van der Waals surface area contributed by atoms with E-state index in [0.717, 1.165) is 56.0 Å². The first-order valence-electron chi connectivity index (χ1n) is 12.5. The number of aryl methyl sites for hydroxylation is 1. The van der Waals surface area contributed by atoms with Crippen molar-refractivity contribution in [1.82, 2.24) is 9.55 Å². The zero-order valence-electron chi connectivity index (χ0n) is 20.6. The van der Waals surface area contributed by atoms with E-state index < -0.39 is 0 Å². The van der Waals surface area contributed by atoms with E-state index in [0.29, 0.717) is 0 Å². The van der Waals surface area contributed by atoms with Crippen molar-refractivity contribution in [3.63, 3.8) is 0 Å². The molecule has 7 rings (SSSR count). The average Bonchev–Trinajstić information content (AvgIpc) is 3.28. The van der Waals surface area contributed by atoms with Crippen molar-refractivity contribution in [3.05, 3.63) is 139 Å². The molecule has 3 nitrogen and oxygen atoms in total. The summed E-state index contributed by atoms with van der Waals surface area (Å²) in [4.78, 5) is 7.23. The van der Waals surface area contributed by atoms with Crippen molar-refractivity contribution in [2.24, 2.45) is 0 Å². The molecule has 6 aromatic rings. The monoisotopic (exact) mass is 475 g/mol. The van der Waals surface area contributed by atoms with Crippen LogP contribution in [0.1, 0.15) is 16.8 Å². The van der Waals surface area contributed by atoms with Crippen LogP contribution in [0.25, 0.3) is 50.5 Å². The summed E-state index contributed by atoms with van der Waals surface area (Å²) in [7, 11) is 0. The second kappa shape index (κ2) is 8.35. The zero-order chi connectivity index (χ0) is 24.9. The minimum Gasteiger partial charge on any atom is -0.317 e. The summed E-state index contributed by atoms with van der Waals surface area (Å²) in [6.45, 7) is 6.73. The lowest BCUT2D eigenvalue weighted by atomic mass is 10.0. The predicted octanol–water partition coefficient (Wildman–Crippen LogP) is 8.62. The highest BCUT2D eigenvalue weighted by molar-refractivity contribution is 6.05. The van der Waals surface area contributed by atoms with E-state index in [9.17, 15) is 0 Å². The topological polar surface area (TPSA) is 21.1 Å². The van der Waals surface area contributed by atoms with E-state index in [1.807, 2.05) is 6.07 Å². The maximum Gasteiger partial charge on any atom is 0.0730 e. The highest BCUT2D eigenvalue weighted by Crippen LogP contribution is 2.42. The number of hydrogen-bond donors (Lipinski definition) is 0. The molecule has 0 saturated heterocycles. The van der Waals surface area contributed by atoms with Crippen LogP contribution in [0.2, 0.25) is 0 Å². The number of anilines is 1. The van der Waals surface area contributed by atoms with Gasteiger partial charge < -0.3 is 9.47 Å². The lowest BCUT2D eigenvalue weighted by Gasteiger charge is -2.28. The van der Waals surface area contributed by atoms with Gasteiger partial charge in [-0.25, -0.2) is 4.98 Å². The van der Waals surface area contributed by atoms with Gasteiger partial charge in [-0.15, -0.1) is 0 Å². The predicted molar refractivity (Wildman–Crippen MR) is 156 cm³/mol. The Morgan fingerprint density at radius 2 is 1.41 bits per heavy atom. The summed E-state index contributed by atoms with van der Waals surface area (Å²) >= 11 is 0. The maximum atomic E-state index is 5.03. The van der Waals surface area contributed by atoms with Gasteiger partial charge in [0.1, 0.15) is 0 Å². The Bertz CT molecular complexity index is 1860. The summed E-state index contributed by atoms with van der Waals surface area (Å²) in [5.74, 6) is 0. The molecule has 0 radical (unpaired) electrons. The Morgan fingerprint density at radius 3 is 2.24 bits per heavy atom. The van der Waals surface area contributed by atoms with Crippen molar-refractivity contribution in [3.8, 4) is 16.9 Å². The van der Waals surface area contributed by atoms with Gasteiger partial charge in [-0.3, -0.25) is 0 Å².